The van der Waals surface area contributed by atoms with Crippen molar-refractivity contribution in [3.63, 3.8) is 0 Å². The molecule has 0 radical (unpaired) electrons. The normalized spacial score (nSPS) is 19.0. The van der Waals surface area contributed by atoms with Gasteiger partial charge in [-0.15, -0.1) is 0 Å². The highest BCUT2D eigenvalue weighted by atomic mass is 32.2. The number of hydrogen-bond acceptors (Lipinski definition) is 5. The molecule has 1 aliphatic heterocycles. The van der Waals surface area contributed by atoms with E-state index in [9.17, 15) is 8.42 Å². The first-order chi connectivity index (χ1) is 8.07. The standard InChI is InChI=1S/C10H16N4O2S/c1-17(15,16)14-6-2-5-13(7-8-14)10-9-11-3-4-12-10/h3-4,9H,2,5-8H2,1H3. The van der Waals surface area contributed by atoms with Gasteiger partial charge in [-0.1, -0.05) is 0 Å². The fourth-order valence-electron chi connectivity index (χ4n) is 1.91. The van der Waals surface area contributed by atoms with Crippen LogP contribution in [0.4, 0.5) is 5.82 Å². The second-order valence-corrected chi connectivity index (χ2v) is 6.05. The van der Waals surface area contributed by atoms with E-state index < -0.39 is 10.0 Å². The number of rotatable bonds is 2. The van der Waals surface area contributed by atoms with Crippen LogP contribution in [0, 0.1) is 0 Å². The lowest BCUT2D eigenvalue weighted by atomic mass is 10.4. The molecule has 1 aromatic heterocycles. The molecule has 0 saturated carbocycles. The fourth-order valence-corrected chi connectivity index (χ4v) is 2.78. The predicted molar refractivity (Wildman–Crippen MR) is 65.3 cm³/mol. The van der Waals surface area contributed by atoms with Crippen molar-refractivity contribution in [3.05, 3.63) is 18.6 Å². The number of sulfonamides is 1. The Hall–Kier alpha value is -1.21. The monoisotopic (exact) mass is 256 g/mol. The Kier molecular flexibility index (Phi) is 3.58. The summed E-state index contributed by atoms with van der Waals surface area (Å²) in [6.07, 6.45) is 7.05. The van der Waals surface area contributed by atoms with Gasteiger partial charge >= 0.3 is 0 Å². The molecule has 1 aromatic rings. The lowest BCUT2D eigenvalue weighted by molar-refractivity contribution is 0.437. The van der Waals surface area contributed by atoms with E-state index >= 15 is 0 Å². The molecular formula is C10H16N4O2S. The van der Waals surface area contributed by atoms with Crippen LogP contribution in [0.15, 0.2) is 18.6 Å². The molecule has 94 valence electrons. The molecule has 1 saturated heterocycles. The molecular weight excluding hydrogens is 240 g/mol. The minimum Gasteiger partial charge on any atom is -0.354 e. The summed E-state index contributed by atoms with van der Waals surface area (Å²) >= 11 is 0. The maximum Gasteiger partial charge on any atom is 0.211 e. The van der Waals surface area contributed by atoms with Crippen LogP contribution >= 0.6 is 0 Å². The lowest BCUT2D eigenvalue weighted by Gasteiger charge is -2.21. The molecule has 0 amide bonds. The highest BCUT2D eigenvalue weighted by Gasteiger charge is 2.21. The molecule has 0 bridgehead atoms. The largest absolute Gasteiger partial charge is 0.354 e. The summed E-state index contributed by atoms with van der Waals surface area (Å²) in [7, 11) is -3.08. The fraction of sp³-hybridized carbons (Fsp3) is 0.600. The summed E-state index contributed by atoms with van der Waals surface area (Å²) in [6, 6.07) is 0. The Balaban J connectivity index is 2.06. The Bertz CT molecular complexity index is 462. The van der Waals surface area contributed by atoms with Crippen LogP contribution in [-0.4, -0.2) is 55.1 Å². The van der Waals surface area contributed by atoms with E-state index in [0.717, 1.165) is 18.8 Å². The molecule has 1 fully saturated rings. The molecule has 0 atom stereocenters. The van der Waals surface area contributed by atoms with Gasteiger partial charge in [0, 0.05) is 38.6 Å². The zero-order chi connectivity index (χ0) is 12.3. The molecule has 2 heterocycles. The Morgan fingerprint density at radius 2 is 2.00 bits per heavy atom. The number of anilines is 1. The van der Waals surface area contributed by atoms with Gasteiger partial charge in [0.15, 0.2) is 0 Å². The van der Waals surface area contributed by atoms with Gasteiger partial charge in [0.25, 0.3) is 0 Å². The van der Waals surface area contributed by atoms with Crippen LogP contribution in [0.1, 0.15) is 6.42 Å². The van der Waals surface area contributed by atoms with Crippen molar-refractivity contribution in [2.75, 3.05) is 37.3 Å². The third kappa shape index (κ3) is 3.13. The summed E-state index contributed by atoms with van der Waals surface area (Å²) in [5.41, 5.74) is 0. The smallest absolute Gasteiger partial charge is 0.211 e. The summed E-state index contributed by atoms with van der Waals surface area (Å²) in [5, 5.41) is 0. The molecule has 7 heteroatoms. The van der Waals surface area contributed by atoms with Gasteiger partial charge in [0.05, 0.1) is 12.5 Å². The summed E-state index contributed by atoms with van der Waals surface area (Å²) in [6.45, 7) is 2.56. The molecule has 17 heavy (non-hydrogen) atoms. The Labute approximate surface area is 101 Å². The summed E-state index contributed by atoms with van der Waals surface area (Å²) in [5.74, 6) is 0.808. The van der Waals surface area contributed by atoms with Crippen molar-refractivity contribution in [3.8, 4) is 0 Å². The van der Waals surface area contributed by atoms with Crippen LogP contribution in [0.2, 0.25) is 0 Å². The van der Waals surface area contributed by atoms with E-state index in [-0.39, 0.29) is 0 Å². The topological polar surface area (TPSA) is 66.4 Å². The number of aromatic nitrogens is 2. The van der Waals surface area contributed by atoms with Crippen LogP contribution in [0.25, 0.3) is 0 Å². The van der Waals surface area contributed by atoms with Crippen molar-refractivity contribution < 1.29 is 8.42 Å². The van der Waals surface area contributed by atoms with E-state index in [1.807, 2.05) is 0 Å². The zero-order valence-corrected chi connectivity index (χ0v) is 10.6. The minimum absolute atomic E-state index is 0.509. The number of nitrogens with zero attached hydrogens (tertiary/aromatic N) is 4. The molecule has 0 spiro atoms. The molecule has 0 unspecified atom stereocenters. The van der Waals surface area contributed by atoms with Gasteiger partial charge in [0.1, 0.15) is 5.82 Å². The first kappa shape index (κ1) is 12.3. The van der Waals surface area contributed by atoms with Crippen LogP contribution < -0.4 is 4.90 Å². The minimum atomic E-state index is -3.08. The van der Waals surface area contributed by atoms with Crippen molar-refractivity contribution in [1.29, 1.82) is 0 Å². The zero-order valence-electron chi connectivity index (χ0n) is 9.78. The summed E-state index contributed by atoms with van der Waals surface area (Å²) < 4.78 is 24.4. The van der Waals surface area contributed by atoms with Crippen LogP contribution in [-0.2, 0) is 10.0 Å². The Morgan fingerprint density at radius 1 is 1.18 bits per heavy atom. The van der Waals surface area contributed by atoms with Gasteiger partial charge in [-0.2, -0.15) is 0 Å². The average molecular weight is 256 g/mol. The van der Waals surface area contributed by atoms with E-state index in [2.05, 4.69) is 14.9 Å². The summed E-state index contributed by atoms with van der Waals surface area (Å²) in [4.78, 5) is 10.3. The molecule has 0 N–H and O–H groups in total. The van der Waals surface area contributed by atoms with Gasteiger partial charge in [0.2, 0.25) is 10.0 Å². The second-order valence-electron chi connectivity index (χ2n) is 4.07. The third-order valence-electron chi connectivity index (χ3n) is 2.80. The highest BCUT2D eigenvalue weighted by Crippen LogP contribution is 2.13. The predicted octanol–water partition coefficient (Wildman–Crippen LogP) is -0.0517. The van der Waals surface area contributed by atoms with E-state index in [0.29, 0.717) is 19.6 Å². The molecule has 0 aliphatic carbocycles. The van der Waals surface area contributed by atoms with Crippen molar-refractivity contribution in [1.82, 2.24) is 14.3 Å². The quantitative estimate of drug-likeness (QED) is 0.742. The van der Waals surface area contributed by atoms with Crippen molar-refractivity contribution >= 4 is 15.8 Å². The Morgan fingerprint density at radius 3 is 2.65 bits per heavy atom. The van der Waals surface area contributed by atoms with Crippen molar-refractivity contribution in [2.45, 2.75) is 6.42 Å². The van der Waals surface area contributed by atoms with Crippen molar-refractivity contribution in [2.24, 2.45) is 0 Å². The molecule has 6 nitrogen and oxygen atoms in total. The first-order valence-corrected chi connectivity index (χ1v) is 7.38. The molecule has 1 aliphatic rings. The third-order valence-corrected chi connectivity index (χ3v) is 4.10. The molecule has 0 aromatic carbocycles. The lowest BCUT2D eigenvalue weighted by Crippen LogP contribution is -2.34. The number of hydrogen-bond donors (Lipinski definition) is 0. The first-order valence-electron chi connectivity index (χ1n) is 5.53. The van der Waals surface area contributed by atoms with Gasteiger partial charge in [-0.05, 0) is 6.42 Å². The van der Waals surface area contributed by atoms with Gasteiger partial charge in [-0.3, -0.25) is 4.98 Å². The maximum absolute atomic E-state index is 11.5. The SMILES string of the molecule is CS(=O)(=O)N1CCCN(c2cnccn2)CC1. The van der Waals surface area contributed by atoms with Crippen LogP contribution in [0.3, 0.4) is 0 Å². The molecule has 2 rings (SSSR count). The maximum atomic E-state index is 11.5. The average Bonchev–Trinajstić information content (AvgIpc) is 2.55. The van der Waals surface area contributed by atoms with E-state index in [4.69, 9.17) is 0 Å². The van der Waals surface area contributed by atoms with Gasteiger partial charge in [-0.25, -0.2) is 17.7 Å². The van der Waals surface area contributed by atoms with E-state index in [1.54, 1.807) is 18.6 Å². The van der Waals surface area contributed by atoms with E-state index in [1.165, 1.54) is 10.6 Å². The van der Waals surface area contributed by atoms with Gasteiger partial charge < -0.3 is 4.90 Å². The van der Waals surface area contributed by atoms with Crippen LogP contribution in [0.5, 0.6) is 0 Å². The second kappa shape index (κ2) is 4.97. The highest BCUT2D eigenvalue weighted by molar-refractivity contribution is 7.88.